The number of hydrogen-bond acceptors (Lipinski definition) is 3. The molecule has 0 aromatic rings. The quantitative estimate of drug-likeness (QED) is 0.729. The van der Waals surface area contributed by atoms with Gasteiger partial charge in [0.1, 0.15) is 0 Å². The largest absolute Gasteiger partial charge is 0.481 e. The van der Waals surface area contributed by atoms with Crippen LogP contribution in [0, 0.1) is 11.8 Å². The molecule has 18 heavy (non-hydrogen) atoms. The summed E-state index contributed by atoms with van der Waals surface area (Å²) in [6.07, 6.45) is 1.87. The van der Waals surface area contributed by atoms with Crippen molar-refractivity contribution in [2.24, 2.45) is 11.8 Å². The number of carbonyl (C=O) groups is 3. The van der Waals surface area contributed by atoms with Crippen molar-refractivity contribution in [2.45, 2.75) is 26.2 Å². The average molecular weight is 256 g/mol. The molecule has 0 aromatic carbocycles. The SMILES string of the molecule is CCN(C)C(=O)CNC(=O)[C@@H]1CCC[C@@H]1C(=O)O. The fourth-order valence-electron chi connectivity index (χ4n) is 2.17. The van der Waals surface area contributed by atoms with Gasteiger partial charge < -0.3 is 15.3 Å². The molecule has 6 heteroatoms. The third kappa shape index (κ3) is 3.45. The molecule has 1 aliphatic rings. The van der Waals surface area contributed by atoms with Gasteiger partial charge in [-0.1, -0.05) is 6.42 Å². The molecule has 1 fully saturated rings. The second-order valence-corrected chi connectivity index (χ2v) is 4.61. The summed E-state index contributed by atoms with van der Waals surface area (Å²) in [4.78, 5) is 35.8. The molecule has 0 unspecified atom stereocenters. The number of carbonyl (C=O) groups excluding carboxylic acids is 2. The first kappa shape index (κ1) is 14.5. The van der Waals surface area contributed by atoms with E-state index in [0.717, 1.165) is 6.42 Å². The maximum atomic E-state index is 11.8. The number of likely N-dealkylation sites (N-methyl/N-ethyl adjacent to an activating group) is 1. The zero-order valence-electron chi connectivity index (χ0n) is 10.8. The molecule has 2 amide bonds. The summed E-state index contributed by atoms with van der Waals surface area (Å²) in [6, 6.07) is 0. The Kier molecular flexibility index (Phi) is 5.12. The van der Waals surface area contributed by atoms with E-state index in [2.05, 4.69) is 5.32 Å². The van der Waals surface area contributed by atoms with Gasteiger partial charge in [0.05, 0.1) is 18.4 Å². The number of carboxylic acid groups (broad SMARTS) is 1. The van der Waals surface area contributed by atoms with Crippen LogP contribution in [0.15, 0.2) is 0 Å². The molecule has 2 N–H and O–H groups in total. The van der Waals surface area contributed by atoms with Crippen molar-refractivity contribution in [1.29, 1.82) is 0 Å². The molecule has 0 radical (unpaired) electrons. The van der Waals surface area contributed by atoms with Crippen LogP contribution in [-0.2, 0) is 14.4 Å². The van der Waals surface area contributed by atoms with Crippen LogP contribution in [0.25, 0.3) is 0 Å². The minimum Gasteiger partial charge on any atom is -0.481 e. The number of rotatable bonds is 5. The predicted octanol–water partition coefficient (Wildman–Crippen LogP) is 0.0818. The fourth-order valence-corrected chi connectivity index (χ4v) is 2.17. The van der Waals surface area contributed by atoms with Crippen molar-refractivity contribution in [3.05, 3.63) is 0 Å². The van der Waals surface area contributed by atoms with Crippen LogP contribution in [0.1, 0.15) is 26.2 Å². The maximum Gasteiger partial charge on any atom is 0.307 e. The van der Waals surface area contributed by atoms with E-state index in [1.165, 1.54) is 4.90 Å². The molecule has 0 spiro atoms. The summed E-state index contributed by atoms with van der Waals surface area (Å²) in [5, 5.41) is 11.5. The highest BCUT2D eigenvalue weighted by Gasteiger charge is 2.37. The lowest BCUT2D eigenvalue weighted by atomic mass is 9.95. The van der Waals surface area contributed by atoms with Crippen LogP contribution >= 0.6 is 0 Å². The Hall–Kier alpha value is -1.59. The van der Waals surface area contributed by atoms with Crippen LogP contribution in [0.5, 0.6) is 0 Å². The van der Waals surface area contributed by atoms with E-state index >= 15 is 0 Å². The normalized spacial score (nSPS) is 22.6. The first-order valence-electron chi connectivity index (χ1n) is 6.21. The first-order chi connectivity index (χ1) is 8.47. The Morgan fingerprint density at radius 3 is 2.44 bits per heavy atom. The van der Waals surface area contributed by atoms with Crippen LogP contribution in [0.4, 0.5) is 0 Å². The minimum atomic E-state index is -0.926. The average Bonchev–Trinajstić information content (AvgIpc) is 2.83. The third-order valence-corrected chi connectivity index (χ3v) is 3.48. The zero-order chi connectivity index (χ0) is 13.7. The Bertz CT molecular complexity index is 343. The summed E-state index contributed by atoms with van der Waals surface area (Å²) < 4.78 is 0. The van der Waals surface area contributed by atoms with Gasteiger partial charge in [0.25, 0.3) is 0 Å². The standard InChI is InChI=1S/C12H20N2O4/c1-3-14(2)10(15)7-13-11(16)8-5-4-6-9(8)12(17)18/h8-9H,3-7H2,1-2H3,(H,13,16)(H,17,18)/t8-,9+/m1/s1. The van der Waals surface area contributed by atoms with E-state index in [9.17, 15) is 14.4 Å². The Morgan fingerprint density at radius 2 is 1.89 bits per heavy atom. The summed E-state index contributed by atoms with van der Waals surface area (Å²) in [5.41, 5.74) is 0. The van der Waals surface area contributed by atoms with Crippen LogP contribution < -0.4 is 5.32 Å². The van der Waals surface area contributed by atoms with E-state index in [0.29, 0.717) is 19.4 Å². The molecule has 0 heterocycles. The highest BCUT2D eigenvalue weighted by atomic mass is 16.4. The molecule has 102 valence electrons. The van der Waals surface area contributed by atoms with Crippen LogP contribution in [-0.4, -0.2) is 47.9 Å². The van der Waals surface area contributed by atoms with Gasteiger partial charge in [-0.05, 0) is 19.8 Å². The lowest BCUT2D eigenvalue weighted by Gasteiger charge is -2.18. The Morgan fingerprint density at radius 1 is 1.28 bits per heavy atom. The Balaban J connectivity index is 2.46. The lowest BCUT2D eigenvalue weighted by molar-refractivity contribution is -0.146. The molecule has 1 aliphatic carbocycles. The van der Waals surface area contributed by atoms with Crippen LogP contribution in [0.2, 0.25) is 0 Å². The van der Waals surface area contributed by atoms with Gasteiger partial charge in [-0.15, -0.1) is 0 Å². The molecule has 0 aromatic heterocycles. The fraction of sp³-hybridized carbons (Fsp3) is 0.750. The van der Waals surface area contributed by atoms with E-state index < -0.39 is 17.8 Å². The smallest absolute Gasteiger partial charge is 0.307 e. The Labute approximate surface area is 106 Å². The number of aliphatic carboxylic acids is 1. The topological polar surface area (TPSA) is 86.7 Å². The third-order valence-electron chi connectivity index (χ3n) is 3.48. The zero-order valence-corrected chi connectivity index (χ0v) is 10.8. The van der Waals surface area contributed by atoms with Crippen molar-refractivity contribution in [3.63, 3.8) is 0 Å². The van der Waals surface area contributed by atoms with Crippen molar-refractivity contribution < 1.29 is 19.5 Å². The number of hydrogen-bond donors (Lipinski definition) is 2. The van der Waals surface area contributed by atoms with Gasteiger partial charge in [0.15, 0.2) is 0 Å². The number of nitrogens with zero attached hydrogens (tertiary/aromatic N) is 1. The highest BCUT2D eigenvalue weighted by Crippen LogP contribution is 2.31. The number of amides is 2. The molecular weight excluding hydrogens is 236 g/mol. The van der Waals surface area contributed by atoms with Crippen molar-refractivity contribution in [1.82, 2.24) is 10.2 Å². The molecule has 0 aliphatic heterocycles. The second kappa shape index (κ2) is 6.37. The molecule has 6 nitrogen and oxygen atoms in total. The van der Waals surface area contributed by atoms with E-state index in [1.807, 2.05) is 6.92 Å². The van der Waals surface area contributed by atoms with E-state index in [1.54, 1.807) is 7.05 Å². The van der Waals surface area contributed by atoms with Crippen molar-refractivity contribution >= 4 is 17.8 Å². The molecular formula is C12H20N2O4. The van der Waals surface area contributed by atoms with Gasteiger partial charge in [-0.2, -0.15) is 0 Å². The summed E-state index contributed by atoms with van der Waals surface area (Å²) >= 11 is 0. The molecule has 2 atom stereocenters. The molecule has 1 rings (SSSR count). The maximum absolute atomic E-state index is 11.8. The monoisotopic (exact) mass is 256 g/mol. The van der Waals surface area contributed by atoms with Gasteiger partial charge in [-0.3, -0.25) is 14.4 Å². The van der Waals surface area contributed by atoms with Crippen LogP contribution in [0.3, 0.4) is 0 Å². The molecule has 0 bridgehead atoms. The van der Waals surface area contributed by atoms with Crippen molar-refractivity contribution in [2.75, 3.05) is 20.1 Å². The van der Waals surface area contributed by atoms with Gasteiger partial charge in [-0.25, -0.2) is 0 Å². The highest BCUT2D eigenvalue weighted by molar-refractivity contribution is 5.88. The van der Waals surface area contributed by atoms with E-state index in [4.69, 9.17) is 5.11 Å². The van der Waals surface area contributed by atoms with Gasteiger partial charge in [0, 0.05) is 13.6 Å². The summed E-state index contributed by atoms with van der Waals surface area (Å²) in [6.45, 7) is 2.36. The molecule has 1 saturated carbocycles. The minimum absolute atomic E-state index is 0.0635. The second-order valence-electron chi connectivity index (χ2n) is 4.61. The molecule has 0 saturated heterocycles. The summed E-state index contributed by atoms with van der Waals surface area (Å²) in [5.74, 6) is -2.52. The lowest BCUT2D eigenvalue weighted by Crippen LogP contribution is -2.41. The van der Waals surface area contributed by atoms with Crippen molar-refractivity contribution in [3.8, 4) is 0 Å². The summed E-state index contributed by atoms with van der Waals surface area (Å²) in [7, 11) is 1.66. The van der Waals surface area contributed by atoms with Gasteiger partial charge in [0.2, 0.25) is 11.8 Å². The number of carboxylic acids is 1. The first-order valence-corrected chi connectivity index (χ1v) is 6.21. The number of nitrogens with one attached hydrogen (secondary N) is 1. The van der Waals surface area contributed by atoms with Gasteiger partial charge >= 0.3 is 5.97 Å². The van der Waals surface area contributed by atoms with E-state index in [-0.39, 0.29) is 18.4 Å². The predicted molar refractivity (Wildman–Crippen MR) is 64.8 cm³/mol.